The van der Waals surface area contributed by atoms with E-state index in [2.05, 4.69) is 60.2 Å². The first kappa shape index (κ1) is 16.8. The number of halogens is 1. The fourth-order valence-electron chi connectivity index (χ4n) is 3.82. The fraction of sp³-hybridized carbons (Fsp3) is 0.667. The van der Waals surface area contributed by atoms with E-state index in [1.54, 1.807) is 0 Å². The van der Waals surface area contributed by atoms with Crippen LogP contribution >= 0.6 is 15.9 Å². The molecule has 1 aromatic carbocycles. The molecule has 0 radical (unpaired) electrons. The van der Waals surface area contributed by atoms with Crippen molar-refractivity contribution in [3.8, 4) is 5.75 Å². The molecule has 1 fully saturated rings. The molecule has 0 bridgehead atoms. The fourth-order valence-corrected chi connectivity index (χ4v) is 4.20. The van der Waals surface area contributed by atoms with E-state index in [1.165, 1.54) is 37.7 Å². The Balaban J connectivity index is 2.43. The predicted octanol–water partition coefficient (Wildman–Crippen LogP) is 5.47. The van der Waals surface area contributed by atoms with E-state index in [-0.39, 0.29) is 0 Å². The van der Waals surface area contributed by atoms with Gasteiger partial charge in [-0.1, -0.05) is 42.6 Å². The van der Waals surface area contributed by atoms with Crippen molar-refractivity contribution in [2.24, 2.45) is 5.41 Å². The Hall–Kier alpha value is -0.540. The largest absolute Gasteiger partial charge is 0.494 e. The third kappa shape index (κ3) is 3.62. The molecule has 118 valence electrons. The lowest BCUT2D eigenvalue weighted by Crippen LogP contribution is -2.36. The van der Waals surface area contributed by atoms with Gasteiger partial charge in [-0.15, -0.1) is 0 Å². The van der Waals surface area contributed by atoms with Crippen molar-refractivity contribution in [3.05, 3.63) is 28.2 Å². The molecule has 1 atom stereocenters. The summed E-state index contributed by atoms with van der Waals surface area (Å²) >= 11 is 3.63. The second-order valence-electron chi connectivity index (χ2n) is 6.03. The average Bonchev–Trinajstić information content (AvgIpc) is 2.97. The molecule has 2 rings (SSSR count). The molecule has 3 heteroatoms. The Labute approximate surface area is 137 Å². The summed E-state index contributed by atoms with van der Waals surface area (Å²) in [4.78, 5) is 0. The van der Waals surface area contributed by atoms with Crippen LogP contribution in [0.4, 0.5) is 0 Å². The molecule has 1 aliphatic carbocycles. The monoisotopic (exact) mass is 353 g/mol. The molecule has 1 unspecified atom stereocenters. The molecular formula is C18H28BrNO. The summed E-state index contributed by atoms with van der Waals surface area (Å²) < 4.78 is 7.04. The van der Waals surface area contributed by atoms with Crippen molar-refractivity contribution in [3.63, 3.8) is 0 Å². The minimum Gasteiger partial charge on any atom is -0.494 e. The van der Waals surface area contributed by atoms with Crippen LogP contribution in [-0.4, -0.2) is 13.2 Å². The smallest absolute Gasteiger partial charge is 0.124 e. The molecule has 1 N–H and O–H groups in total. The van der Waals surface area contributed by atoms with Gasteiger partial charge in [0, 0.05) is 16.1 Å². The van der Waals surface area contributed by atoms with Gasteiger partial charge < -0.3 is 10.1 Å². The number of nitrogens with one attached hydrogen (secondary N) is 1. The summed E-state index contributed by atoms with van der Waals surface area (Å²) in [6.07, 6.45) is 6.57. The number of benzene rings is 1. The van der Waals surface area contributed by atoms with Crippen LogP contribution in [-0.2, 0) is 0 Å². The van der Waals surface area contributed by atoms with E-state index in [0.717, 1.165) is 16.8 Å². The zero-order chi connectivity index (χ0) is 15.3. The topological polar surface area (TPSA) is 21.3 Å². The summed E-state index contributed by atoms with van der Waals surface area (Å²) in [7, 11) is 0. The van der Waals surface area contributed by atoms with E-state index < -0.39 is 0 Å². The van der Waals surface area contributed by atoms with Gasteiger partial charge in [0.05, 0.1) is 6.61 Å². The van der Waals surface area contributed by atoms with E-state index in [0.29, 0.717) is 18.1 Å². The van der Waals surface area contributed by atoms with Crippen molar-refractivity contribution in [2.75, 3.05) is 13.2 Å². The maximum absolute atomic E-state index is 5.91. The number of hydrogen-bond donors (Lipinski definition) is 1. The standard InChI is InChI=1S/C18H28BrNO/c1-4-18(11-7-8-12-18)17(20-5-2)15-13-14(19)9-10-16(15)21-6-3/h9-10,13,17,20H,4-8,11-12H2,1-3H3. The lowest BCUT2D eigenvalue weighted by molar-refractivity contribution is 0.184. The maximum atomic E-state index is 5.91. The molecule has 0 heterocycles. The number of hydrogen-bond acceptors (Lipinski definition) is 2. The Kier molecular flexibility index (Phi) is 6.12. The normalized spacial score (nSPS) is 18.7. The van der Waals surface area contributed by atoms with Crippen molar-refractivity contribution in [1.82, 2.24) is 5.32 Å². The van der Waals surface area contributed by atoms with Crippen LogP contribution in [0.1, 0.15) is 64.5 Å². The van der Waals surface area contributed by atoms with Crippen molar-refractivity contribution in [2.45, 2.75) is 58.9 Å². The second-order valence-corrected chi connectivity index (χ2v) is 6.94. The minimum atomic E-state index is 0.378. The molecule has 0 aromatic heterocycles. The summed E-state index contributed by atoms with van der Waals surface area (Å²) in [5.41, 5.74) is 1.69. The van der Waals surface area contributed by atoms with Crippen molar-refractivity contribution in [1.29, 1.82) is 0 Å². The molecule has 1 aliphatic rings. The molecule has 2 nitrogen and oxygen atoms in total. The summed E-state index contributed by atoms with van der Waals surface area (Å²) in [5.74, 6) is 1.03. The van der Waals surface area contributed by atoms with Gasteiger partial charge in [0.1, 0.15) is 5.75 Å². The molecule has 1 aromatic rings. The first-order chi connectivity index (χ1) is 10.2. The van der Waals surface area contributed by atoms with E-state index >= 15 is 0 Å². The summed E-state index contributed by atoms with van der Waals surface area (Å²) in [6, 6.07) is 6.80. The van der Waals surface area contributed by atoms with Gasteiger partial charge in [0.15, 0.2) is 0 Å². The average molecular weight is 354 g/mol. The molecule has 0 spiro atoms. The van der Waals surface area contributed by atoms with Crippen LogP contribution in [0, 0.1) is 5.41 Å². The minimum absolute atomic E-state index is 0.378. The van der Waals surface area contributed by atoms with E-state index in [4.69, 9.17) is 4.74 Å². The highest BCUT2D eigenvalue weighted by Gasteiger charge is 2.41. The molecular weight excluding hydrogens is 326 g/mol. The summed E-state index contributed by atoms with van der Waals surface area (Å²) in [6.45, 7) is 8.30. The Morgan fingerprint density at radius 3 is 2.52 bits per heavy atom. The highest BCUT2D eigenvalue weighted by atomic mass is 79.9. The van der Waals surface area contributed by atoms with Gasteiger partial charge in [-0.25, -0.2) is 0 Å². The third-order valence-electron chi connectivity index (χ3n) is 4.91. The van der Waals surface area contributed by atoms with Crippen LogP contribution < -0.4 is 10.1 Å². The molecule has 0 amide bonds. The van der Waals surface area contributed by atoms with Gasteiger partial charge in [-0.05, 0) is 56.3 Å². The lowest BCUT2D eigenvalue weighted by atomic mass is 9.73. The van der Waals surface area contributed by atoms with Gasteiger partial charge in [0.25, 0.3) is 0 Å². The molecule has 21 heavy (non-hydrogen) atoms. The third-order valence-corrected chi connectivity index (χ3v) is 5.40. The first-order valence-corrected chi connectivity index (χ1v) is 9.11. The Bertz CT molecular complexity index is 455. The van der Waals surface area contributed by atoms with Crippen LogP contribution in [0.5, 0.6) is 5.75 Å². The van der Waals surface area contributed by atoms with Crippen LogP contribution in [0.15, 0.2) is 22.7 Å². The van der Waals surface area contributed by atoms with Crippen LogP contribution in [0.3, 0.4) is 0 Å². The Morgan fingerprint density at radius 1 is 1.24 bits per heavy atom. The second kappa shape index (κ2) is 7.64. The van der Waals surface area contributed by atoms with Crippen molar-refractivity contribution < 1.29 is 4.74 Å². The molecule has 0 aliphatic heterocycles. The zero-order valence-electron chi connectivity index (χ0n) is 13.5. The molecule has 1 saturated carbocycles. The number of rotatable bonds is 7. The summed E-state index contributed by atoms with van der Waals surface area (Å²) in [5, 5.41) is 3.76. The van der Waals surface area contributed by atoms with Gasteiger partial charge in [-0.3, -0.25) is 0 Å². The lowest BCUT2D eigenvalue weighted by Gasteiger charge is -2.38. The van der Waals surface area contributed by atoms with Gasteiger partial charge in [0.2, 0.25) is 0 Å². The van der Waals surface area contributed by atoms with Gasteiger partial charge in [-0.2, -0.15) is 0 Å². The quantitative estimate of drug-likeness (QED) is 0.701. The van der Waals surface area contributed by atoms with E-state index in [1.807, 2.05) is 0 Å². The SMILES string of the molecule is CCNC(c1cc(Br)ccc1OCC)C1(CC)CCCC1. The first-order valence-electron chi connectivity index (χ1n) is 8.32. The zero-order valence-corrected chi connectivity index (χ0v) is 15.1. The predicted molar refractivity (Wildman–Crippen MR) is 92.9 cm³/mol. The van der Waals surface area contributed by atoms with Gasteiger partial charge >= 0.3 is 0 Å². The highest BCUT2D eigenvalue weighted by Crippen LogP contribution is 2.51. The number of ether oxygens (including phenoxy) is 1. The van der Waals surface area contributed by atoms with E-state index in [9.17, 15) is 0 Å². The highest BCUT2D eigenvalue weighted by molar-refractivity contribution is 9.10. The van der Waals surface area contributed by atoms with Crippen molar-refractivity contribution >= 4 is 15.9 Å². The molecule has 0 saturated heterocycles. The van der Waals surface area contributed by atoms with Crippen LogP contribution in [0.2, 0.25) is 0 Å². The Morgan fingerprint density at radius 2 is 1.95 bits per heavy atom. The maximum Gasteiger partial charge on any atom is 0.124 e. The van der Waals surface area contributed by atoms with Crippen LogP contribution in [0.25, 0.3) is 0 Å².